The number of ketones is 2. The molecule has 0 bridgehead atoms. The molecule has 27 heavy (non-hydrogen) atoms. The summed E-state index contributed by atoms with van der Waals surface area (Å²) in [5.74, 6) is -8.65. The molecule has 2 aromatic rings. The first-order chi connectivity index (χ1) is 12.7. The lowest BCUT2D eigenvalue weighted by atomic mass is 9.83. The highest BCUT2D eigenvalue weighted by Crippen LogP contribution is 2.35. The molecule has 1 aliphatic carbocycles. The molecule has 0 saturated carbocycles. The number of rotatable bonds is 3. The van der Waals surface area contributed by atoms with E-state index in [1.165, 1.54) is 0 Å². The number of Topliss-reactive ketones (excluding diaryl/α,β-unsaturated/α-hetero) is 1. The summed E-state index contributed by atoms with van der Waals surface area (Å²) in [5, 5.41) is 9.24. The summed E-state index contributed by atoms with van der Waals surface area (Å²) < 4.78 is 55.2. The second-order valence-corrected chi connectivity index (χ2v) is 5.81. The van der Waals surface area contributed by atoms with E-state index >= 15 is 0 Å². The third-order valence-corrected chi connectivity index (χ3v) is 4.09. The van der Waals surface area contributed by atoms with Gasteiger partial charge in [0.05, 0.1) is 11.5 Å². The molecule has 0 radical (unpaired) electrons. The molecule has 0 fully saturated rings. The Hall–Kier alpha value is -3.42. The summed E-state index contributed by atoms with van der Waals surface area (Å²) in [6.07, 6.45) is 1.90. The van der Waals surface area contributed by atoms with Crippen LogP contribution >= 0.6 is 0 Å². The van der Waals surface area contributed by atoms with Gasteiger partial charge in [-0.1, -0.05) is 0 Å². The minimum Gasteiger partial charge on any atom is -0.508 e. The van der Waals surface area contributed by atoms with Crippen LogP contribution in [0.1, 0.15) is 21.8 Å². The molecule has 138 valence electrons. The molecule has 0 heterocycles. The highest BCUT2D eigenvalue weighted by atomic mass is 19.1. The Labute approximate surface area is 150 Å². The zero-order valence-electron chi connectivity index (χ0n) is 13.5. The van der Waals surface area contributed by atoms with Crippen molar-refractivity contribution in [3.8, 4) is 5.75 Å². The molecule has 3 N–H and O–H groups in total. The van der Waals surface area contributed by atoms with Gasteiger partial charge < -0.3 is 10.8 Å². The third kappa shape index (κ3) is 3.21. The van der Waals surface area contributed by atoms with Crippen LogP contribution in [0.4, 0.5) is 17.6 Å². The van der Waals surface area contributed by atoms with Crippen LogP contribution in [0.5, 0.6) is 5.75 Å². The van der Waals surface area contributed by atoms with Crippen LogP contribution in [0.15, 0.2) is 53.8 Å². The molecular formula is C19H11F4NO3. The monoisotopic (exact) mass is 377 g/mol. The van der Waals surface area contributed by atoms with Gasteiger partial charge in [-0.15, -0.1) is 0 Å². The molecule has 1 unspecified atom stereocenters. The lowest BCUT2D eigenvalue weighted by Crippen LogP contribution is -2.27. The number of nitrogens with two attached hydrogens (primary N) is 1. The Bertz CT molecular complexity index is 1020. The zero-order valence-corrected chi connectivity index (χ0v) is 13.5. The van der Waals surface area contributed by atoms with E-state index in [1.54, 1.807) is 0 Å². The van der Waals surface area contributed by atoms with Crippen LogP contribution in [0.25, 0.3) is 0 Å². The molecule has 0 amide bonds. The Morgan fingerprint density at radius 2 is 1.59 bits per heavy atom. The Kier molecular flexibility index (Phi) is 4.57. The maximum atomic E-state index is 14.2. The summed E-state index contributed by atoms with van der Waals surface area (Å²) in [6.45, 7) is 0. The van der Waals surface area contributed by atoms with Gasteiger partial charge in [0.25, 0.3) is 0 Å². The molecule has 1 atom stereocenters. The largest absolute Gasteiger partial charge is 0.508 e. The topological polar surface area (TPSA) is 80.4 Å². The number of carbonyl (C=O) groups excluding carboxylic acids is 2. The number of halogens is 4. The van der Waals surface area contributed by atoms with Crippen molar-refractivity contribution in [1.82, 2.24) is 0 Å². The zero-order chi connectivity index (χ0) is 19.9. The van der Waals surface area contributed by atoms with Crippen molar-refractivity contribution in [1.29, 1.82) is 0 Å². The quantitative estimate of drug-likeness (QED) is 0.636. The normalized spacial score (nSPS) is 16.7. The summed E-state index contributed by atoms with van der Waals surface area (Å²) >= 11 is 0. The van der Waals surface area contributed by atoms with Gasteiger partial charge in [0.1, 0.15) is 29.0 Å². The highest BCUT2D eigenvalue weighted by molar-refractivity contribution is 6.14. The lowest BCUT2D eigenvalue weighted by Gasteiger charge is -2.22. The van der Waals surface area contributed by atoms with E-state index in [9.17, 15) is 32.3 Å². The molecule has 2 aromatic carbocycles. The van der Waals surface area contributed by atoms with Crippen molar-refractivity contribution in [2.24, 2.45) is 5.73 Å². The van der Waals surface area contributed by atoms with Crippen molar-refractivity contribution in [3.63, 3.8) is 0 Å². The van der Waals surface area contributed by atoms with E-state index in [0.29, 0.717) is 18.2 Å². The van der Waals surface area contributed by atoms with Crippen molar-refractivity contribution in [2.45, 2.75) is 5.92 Å². The van der Waals surface area contributed by atoms with Crippen molar-refractivity contribution < 1.29 is 32.3 Å². The molecule has 8 heteroatoms. The first kappa shape index (κ1) is 18.4. The summed E-state index contributed by atoms with van der Waals surface area (Å²) in [4.78, 5) is 24.7. The number of carbonyl (C=O) groups is 2. The van der Waals surface area contributed by atoms with Crippen LogP contribution in [0.3, 0.4) is 0 Å². The number of benzene rings is 2. The van der Waals surface area contributed by atoms with Gasteiger partial charge in [0.15, 0.2) is 11.6 Å². The Morgan fingerprint density at radius 3 is 2.19 bits per heavy atom. The maximum Gasteiger partial charge on any atom is 0.197 e. The average Bonchev–Trinajstić information content (AvgIpc) is 2.56. The van der Waals surface area contributed by atoms with Crippen LogP contribution in [-0.2, 0) is 4.79 Å². The number of phenolic OH excluding ortho intramolecular Hbond substituents is 1. The van der Waals surface area contributed by atoms with Gasteiger partial charge in [-0.25, -0.2) is 17.6 Å². The Balaban J connectivity index is 2.13. The predicted molar refractivity (Wildman–Crippen MR) is 86.8 cm³/mol. The first-order valence-corrected chi connectivity index (χ1v) is 7.60. The van der Waals surface area contributed by atoms with Crippen LogP contribution in [0.2, 0.25) is 0 Å². The van der Waals surface area contributed by atoms with Crippen molar-refractivity contribution in [2.75, 3.05) is 0 Å². The molecule has 4 nitrogen and oxygen atoms in total. The standard InChI is InChI=1S/C19H11F4NO3/c20-8-1-2-10(12(21)5-8)19(27)11-3-4-15(26)17(18(11)24)16-13(22)6-9(25)7-14(16)23/h1-7,17,25H,24H2. The third-order valence-electron chi connectivity index (χ3n) is 4.09. The minimum atomic E-state index is -1.67. The van der Waals surface area contributed by atoms with E-state index in [-0.39, 0.29) is 5.57 Å². The molecule has 0 aromatic heterocycles. The van der Waals surface area contributed by atoms with Crippen LogP contribution in [0, 0.1) is 23.3 Å². The van der Waals surface area contributed by atoms with Crippen molar-refractivity contribution >= 4 is 11.6 Å². The molecular weight excluding hydrogens is 366 g/mol. The van der Waals surface area contributed by atoms with Gasteiger partial charge in [-0.3, -0.25) is 9.59 Å². The van der Waals surface area contributed by atoms with E-state index in [2.05, 4.69) is 0 Å². The minimum absolute atomic E-state index is 0.350. The van der Waals surface area contributed by atoms with Gasteiger partial charge in [0, 0.05) is 35.0 Å². The second kappa shape index (κ2) is 6.71. The molecule has 3 rings (SSSR count). The SMILES string of the molecule is NC1=C(C(=O)c2ccc(F)cc2F)C=CC(=O)C1c1c(F)cc(O)cc1F. The fraction of sp³-hybridized carbons (Fsp3) is 0.0526. The van der Waals surface area contributed by atoms with Crippen LogP contribution < -0.4 is 5.73 Å². The van der Waals surface area contributed by atoms with Gasteiger partial charge in [0.2, 0.25) is 0 Å². The fourth-order valence-electron chi connectivity index (χ4n) is 2.84. The number of hydrogen-bond acceptors (Lipinski definition) is 4. The van der Waals surface area contributed by atoms with Gasteiger partial charge in [-0.2, -0.15) is 0 Å². The Morgan fingerprint density at radius 1 is 0.963 bits per heavy atom. The van der Waals surface area contributed by atoms with Crippen LogP contribution in [-0.4, -0.2) is 16.7 Å². The number of aromatic hydroxyl groups is 1. The van der Waals surface area contributed by atoms with E-state index in [0.717, 1.165) is 24.3 Å². The van der Waals surface area contributed by atoms with E-state index in [1.807, 2.05) is 0 Å². The molecule has 0 spiro atoms. The van der Waals surface area contributed by atoms with E-state index < -0.39 is 63.3 Å². The average molecular weight is 377 g/mol. The number of allylic oxidation sites excluding steroid dienone is 4. The lowest BCUT2D eigenvalue weighted by molar-refractivity contribution is -0.115. The van der Waals surface area contributed by atoms with Gasteiger partial charge in [-0.05, 0) is 24.3 Å². The molecule has 0 aliphatic heterocycles. The highest BCUT2D eigenvalue weighted by Gasteiger charge is 2.34. The molecule has 1 aliphatic rings. The first-order valence-electron chi connectivity index (χ1n) is 7.60. The fourth-order valence-corrected chi connectivity index (χ4v) is 2.84. The predicted octanol–water partition coefficient (Wildman–Crippen LogP) is 3.27. The number of phenols is 1. The number of hydrogen-bond donors (Lipinski definition) is 2. The summed E-state index contributed by atoms with van der Waals surface area (Å²) in [6, 6.07) is 3.45. The van der Waals surface area contributed by atoms with Gasteiger partial charge >= 0.3 is 0 Å². The summed E-state index contributed by atoms with van der Waals surface area (Å²) in [7, 11) is 0. The molecule has 0 saturated heterocycles. The van der Waals surface area contributed by atoms with Crippen molar-refractivity contribution in [3.05, 3.63) is 88.1 Å². The maximum absolute atomic E-state index is 14.2. The summed E-state index contributed by atoms with van der Waals surface area (Å²) in [5.41, 5.74) is 3.74. The smallest absolute Gasteiger partial charge is 0.197 e. The van der Waals surface area contributed by atoms with E-state index in [4.69, 9.17) is 5.73 Å². The second-order valence-electron chi connectivity index (χ2n) is 5.81.